The standard InChI is InChI=1S/C21H31N3O3/c1-4-7-20(26)24-13-6-8-17(14-24)21(27)22-15(3)16-9-11-18(12-10-16)23-19(25)5-2/h9-12,15,17H,4-8,13-14H2,1-3H3,(H,22,27)(H,23,25)/t15-,17+/m0/s1. The summed E-state index contributed by atoms with van der Waals surface area (Å²) in [5.41, 5.74) is 1.73. The molecule has 0 unspecified atom stereocenters. The Kier molecular flexibility index (Phi) is 7.82. The maximum Gasteiger partial charge on any atom is 0.225 e. The number of rotatable bonds is 7. The quantitative estimate of drug-likeness (QED) is 0.770. The van der Waals surface area contributed by atoms with Crippen LogP contribution in [0.5, 0.6) is 0 Å². The summed E-state index contributed by atoms with van der Waals surface area (Å²) in [7, 11) is 0. The van der Waals surface area contributed by atoms with Gasteiger partial charge in [0.05, 0.1) is 12.0 Å². The van der Waals surface area contributed by atoms with Crippen molar-refractivity contribution < 1.29 is 14.4 Å². The number of piperidine rings is 1. The highest BCUT2D eigenvalue weighted by atomic mass is 16.2. The Morgan fingerprint density at radius 3 is 2.52 bits per heavy atom. The van der Waals surface area contributed by atoms with Gasteiger partial charge in [0.25, 0.3) is 0 Å². The van der Waals surface area contributed by atoms with Crippen molar-refractivity contribution in [2.24, 2.45) is 5.92 Å². The molecular formula is C21H31N3O3. The van der Waals surface area contributed by atoms with E-state index in [1.54, 1.807) is 0 Å². The van der Waals surface area contributed by atoms with E-state index in [0.29, 0.717) is 19.4 Å². The molecule has 1 fully saturated rings. The first-order chi connectivity index (χ1) is 12.9. The zero-order valence-electron chi connectivity index (χ0n) is 16.6. The molecule has 3 amide bonds. The van der Waals surface area contributed by atoms with Crippen LogP contribution in [-0.2, 0) is 14.4 Å². The van der Waals surface area contributed by atoms with Crippen molar-refractivity contribution in [1.82, 2.24) is 10.2 Å². The van der Waals surface area contributed by atoms with Gasteiger partial charge in [0, 0.05) is 31.6 Å². The van der Waals surface area contributed by atoms with Gasteiger partial charge in [-0.05, 0) is 43.9 Å². The van der Waals surface area contributed by atoms with Gasteiger partial charge in [0.1, 0.15) is 0 Å². The van der Waals surface area contributed by atoms with E-state index in [2.05, 4.69) is 10.6 Å². The van der Waals surface area contributed by atoms with Gasteiger partial charge in [-0.2, -0.15) is 0 Å². The third-order valence-electron chi connectivity index (χ3n) is 4.98. The van der Waals surface area contributed by atoms with E-state index in [4.69, 9.17) is 0 Å². The highest BCUT2D eigenvalue weighted by Gasteiger charge is 2.28. The van der Waals surface area contributed by atoms with Crippen molar-refractivity contribution in [3.8, 4) is 0 Å². The zero-order chi connectivity index (χ0) is 19.8. The van der Waals surface area contributed by atoms with Gasteiger partial charge in [-0.15, -0.1) is 0 Å². The summed E-state index contributed by atoms with van der Waals surface area (Å²) in [5, 5.41) is 5.88. The average molecular weight is 373 g/mol. The number of benzene rings is 1. The van der Waals surface area contributed by atoms with Crippen LogP contribution in [0.15, 0.2) is 24.3 Å². The first-order valence-electron chi connectivity index (χ1n) is 9.92. The minimum atomic E-state index is -0.148. The Morgan fingerprint density at radius 1 is 1.19 bits per heavy atom. The molecule has 148 valence electrons. The molecule has 0 aliphatic carbocycles. The fourth-order valence-electron chi connectivity index (χ4n) is 3.31. The van der Waals surface area contributed by atoms with Crippen LogP contribution in [0, 0.1) is 5.92 Å². The molecule has 0 radical (unpaired) electrons. The van der Waals surface area contributed by atoms with Gasteiger partial charge >= 0.3 is 0 Å². The molecular weight excluding hydrogens is 342 g/mol. The second-order valence-corrected chi connectivity index (χ2v) is 7.18. The molecule has 0 saturated carbocycles. The first-order valence-corrected chi connectivity index (χ1v) is 9.92. The molecule has 6 nitrogen and oxygen atoms in total. The van der Waals surface area contributed by atoms with Crippen molar-refractivity contribution in [3.63, 3.8) is 0 Å². The SMILES string of the molecule is CCCC(=O)N1CCC[C@@H](C(=O)N[C@@H](C)c2ccc(NC(=O)CC)cc2)C1. The normalized spacial score (nSPS) is 17.9. The van der Waals surface area contributed by atoms with Crippen LogP contribution in [-0.4, -0.2) is 35.7 Å². The molecule has 1 saturated heterocycles. The summed E-state index contributed by atoms with van der Waals surface area (Å²) in [6.07, 6.45) is 3.50. The number of anilines is 1. The molecule has 2 atom stereocenters. The van der Waals surface area contributed by atoms with Crippen LogP contribution in [0.2, 0.25) is 0 Å². The topological polar surface area (TPSA) is 78.5 Å². The van der Waals surface area contributed by atoms with E-state index in [-0.39, 0.29) is 29.7 Å². The van der Waals surface area contributed by atoms with Crippen LogP contribution < -0.4 is 10.6 Å². The lowest BCUT2D eigenvalue weighted by Crippen LogP contribution is -2.45. The Hall–Kier alpha value is -2.37. The lowest BCUT2D eigenvalue weighted by molar-refractivity contribution is -0.136. The fraction of sp³-hybridized carbons (Fsp3) is 0.571. The lowest BCUT2D eigenvalue weighted by Gasteiger charge is -2.32. The molecule has 0 spiro atoms. The molecule has 1 aromatic carbocycles. The highest BCUT2D eigenvalue weighted by molar-refractivity contribution is 5.90. The third kappa shape index (κ3) is 6.08. The Balaban J connectivity index is 1.90. The molecule has 1 aliphatic heterocycles. The molecule has 6 heteroatoms. The van der Waals surface area contributed by atoms with Crippen LogP contribution in [0.25, 0.3) is 0 Å². The van der Waals surface area contributed by atoms with E-state index in [1.807, 2.05) is 49.9 Å². The van der Waals surface area contributed by atoms with E-state index >= 15 is 0 Å². The molecule has 1 heterocycles. The highest BCUT2D eigenvalue weighted by Crippen LogP contribution is 2.21. The van der Waals surface area contributed by atoms with Crippen LogP contribution in [0.4, 0.5) is 5.69 Å². The predicted molar refractivity (Wildman–Crippen MR) is 106 cm³/mol. The number of amides is 3. The van der Waals surface area contributed by atoms with Gasteiger partial charge < -0.3 is 15.5 Å². The summed E-state index contributed by atoms with van der Waals surface area (Å²) in [6.45, 7) is 7.01. The molecule has 0 bridgehead atoms. The molecule has 1 aromatic rings. The van der Waals surface area contributed by atoms with E-state index < -0.39 is 0 Å². The van der Waals surface area contributed by atoms with Crippen LogP contribution in [0.1, 0.15) is 64.5 Å². The van der Waals surface area contributed by atoms with Gasteiger partial charge in [0.2, 0.25) is 17.7 Å². The number of nitrogens with zero attached hydrogens (tertiary/aromatic N) is 1. The Morgan fingerprint density at radius 2 is 1.89 bits per heavy atom. The van der Waals surface area contributed by atoms with Gasteiger partial charge in [-0.1, -0.05) is 26.0 Å². The number of hydrogen-bond acceptors (Lipinski definition) is 3. The third-order valence-corrected chi connectivity index (χ3v) is 4.98. The maximum absolute atomic E-state index is 12.7. The van der Waals surface area contributed by atoms with E-state index in [9.17, 15) is 14.4 Å². The summed E-state index contributed by atoms with van der Waals surface area (Å²) in [5.74, 6) is -0.0266. The Bertz CT molecular complexity index is 657. The second kappa shape index (κ2) is 10.1. The predicted octanol–water partition coefficient (Wildman–Crippen LogP) is 3.25. The number of likely N-dealkylation sites (tertiary alicyclic amines) is 1. The van der Waals surface area contributed by atoms with Gasteiger partial charge in [0.15, 0.2) is 0 Å². The minimum Gasteiger partial charge on any atom is -0.349 e. The Labute approximate surface area is 161 Å². The molecule has 27 heavy (non-hydrogen) atoms. The average Bonchev–Trinajstić information content (AvgIpc) is 2.68. The summed E-state index contributed by atoms with van der Waals surface area (Å²) in [6, 6.07) is 7.38. The van der Waals surface area contributed by atoms with Gasteiger partial charge in [-0.25, -0.2) is 0 Å². The lowest BCUT2D eigenvalue weighted by atomic mass is 9.96. The van der Waals surface area contributed by atoms with Crippen molar-refractivity contribution in [3.05, 3.63) is 29.8 Å². The first kappa shape index (κ1) is 20.9. The van der Waals surface area contributed by atoms with E-state index in [1.165, 1.54) is 0 Å². The molecule has 2 N–H and O–H groups in total. The van der Waals surface area contributed by atoms with Crippen LogP contribution >= 0.6 is 0 Å². The number of carbonyl (C=O) groups excluding carboxylic acids is 3. The number of hydrogen-bond donors (Lipinski definition) is 2. The van der Waals surface area contributed by atoms with Crippen molar-refractivity contribution in [2.45, 2.75) is 58.9 Å². The number of nitrogens with one attached hydrogen (secondary N) is 2. The minimum absolute atomic E-state index is 0.000129. The van der Waals surface area contributed by atoms with Crippen molar-refractivity contribution in [2.75, 3.05) is 18.4 Å². The maximum atomic E-state index is 12.7. The summed E-state index contributed by atoms with van der Waals surface area (Å²) < 4.78 is 0. The zero-order valence-corrected chi connectivity index (χ0v) is 16.6. The van der Waals surface area contributed by atoms with E-state index in [0.717, 1.165) is 37.1 Å². The van der Waals surface area contributed by atoms with Crippen molar-refractivity contribution >= 4 is 23.4 Å². The van der Waals surface area contributed by atoms with Crippen LogP contribution in [0.3, 0.4) is 0 Å². The largest absolute Gasteiger partial charge is 0.349 e. The van der Waals surface area contributed by atoms with Gasteiger partial charge in [-0.3, -0.25) is 14.4 Å². The van der Waals surface area contributed by atoms with Crippen molar-refractivity contribution in [1.29, 1.82) is 0 Å². The number of carbonyl (C=O) groups is 3. The summed E-state index contributed by atoms with van der Waals surface area (Å²) >= 11 is 0. The molecule has 1 aliphatic rings. The summed E-state index contributed by atoms with van der Waals surface area (Å²) in [4.78, 5) is 38.0. The molecule has 2 rings (SSSR count). The fourth-order valence-corrected chi connectivity index (χ4v) is 3.31. The smallest absolute Gasteiger partial charge is 0.225 e. The monoisotopic (exact) mass is 373 g/mol. The molecule has 0 aromatic heterocycles. The second-order valence-electron chi connectivity index (χ2n) is 7.18.